The lowest BCUT2D eigenvalue weighted by molar-refractivity contribution is 0.123. The molecular weight excluding hydrogens is 308 g/mol. The van der Waals surface area contributed by atoms with Crippen LogP contribution in [0.5, 0.6) is 5.75 Å². The lowest BCUT2D eigenvalue weighted by atomic mass is 10.2. The molecule has 0 spiro atoms. The molecule has 1 aliphatic heterocycles. The van der Waals surface area contributed by atoms with Crippen molar-refractivity contribution in [2.45, 2.75) is 0 Å². The summed E-state index contributed by atoms with van der Waals surface area (Å²) in [5.41, 5.74) is 3.31. The van der Waals surface area contributed by atoms with Crippen molar-refractivity contribution in [1.29, 1.82) is 0 Å². The first kappa shape index (κ1) is 14.5. The summed E-state index contributed by atoms with van der Waals surface area (Å²) >= 11 is 1.73. The predicted molar refractivity (Wildman–Crippen MR) is 94.6 cm³/mol. The zero-order valence-corrected chi connectivity index (χ0v) is 13.8. The van der Waals surface area contributed by atoms with E-state index in [-0.39, 0.29) is 0 Å². The Kier molecular flexibility index (Phi) is 3.89. The van der Waals surface area contributed by atoms with Gasteiger partial charge in [-0.05, 0) is 12.1 Å². The average Bonchev–Trinajstić information content (AvgIpc) is 3.08. The third-order valence-electron chi connectivity index (χ3n) is 4.08. The first-order valence-electron chi connectivity index (χ1n) is 7.72. The second-order valence-corrected chi connectivity index (χ2v) is 6.45. The van der Waals surface area contributed by atoms with Crippen LogP contribution in [0.25, 0.3) is 20.8 Å². The molecular formula is C18H18N2O2S. The van der Waals surface area contributed by atoms with E-state index in [1.54, 1.807) is 18.4 Å². The Bertz CT molecular complexity index is 811. The standard InChI is InChI=1S/C18H18N2O2S/c1-21-15-8-7-14(20-9-11-22-12-10-20)17-16(15)19-18(23-17)13-5-3-2-4-6-13/h2-8H,9-12H2,1H3. The minimum atomic E-state index is 0.776. The molecule has 0 saturated carbocycles. The summed E-state index contributed by atoms with van der Waals surface area (Å²) in [4.78, 5) is 7.22. The summed E-state index contributed by atoms with van der Waals surface area (Å²) in [6.45, 7) is 3.38. The quantitative estimate of drug-likeness (QED) is 0.733. The van der Waals surface area contributed by atoms with E-state index in [0.717, 1.165) is 48.1 Å². The zero-order valence-electron chi connectivity index (χ0n) is 13.0. The molecule has 1 aromatic heterocycles. The summed E-state index contributed by atoms with van der Waals surface area (Å²) in [5.74, 6) is 0.829. The lowest BCUT2D eigenvalue weighted by Gasteiger charge is -2.29. The van der Waals surface area contributed by atoms with Crippen molar-refractivity contribution in [3.05, 3.63) is 42.5 Å². The van der Waals surface area contributed by atoms with Crippen molar-refractivity contribution in [2.24, 2.45) is 0 Å². The van der Waals surface area contributed by atoms with Crippen LogP contribution in [0.1, 0.15) is 0 Å². The number of hydrogen-bond acceptors (Lipinski definition) is 5. The topological polar surface area (TPSA) is 34.6 Å². The number of thiazole rings is 1. The van der Waals surface area contributed by atoms with Gasteiger partial charge in [-0.15, -0.1) is 11.3 Å². The van der Waals surface area contributed by atoms with Gasteiger partial charge in [0.05, 0.1) is 30.7 Å². The predicted octanol–water partition coefficient (Wildman–Crippen LogP) is 3.81. The monoisotopic (exact) mass is 326 g/mol. The van der Waals surface area contributed by atoms with E-state index in [0.29, 0.717) is 0 Å². The van der Waals surface area contributed by atoms with Gasteiger partial charge in [0.2, 0.25) is 0 Å². The van der Waals surface area contributed by atoms with Crippen LogP contribution in [-0.4, -0.2) is 38.4 Å². The van der Waals surface area contributed by atoms with E-state index in [4.69, 9.17) is 14.5 Å². The highest BCUT2D eigenvalue weighted by Gasteiger charge is 2.19. The van der Waals surface area contributed by atoms with E-state index >= 15 is 0 Å². The van der Waals surface area contributed by atoms with Gasteiger partial charge >= 0.3 is 0 Å². The minimum absolute atomic E-state index is 0.776. The molecule has 1 aliphatic rings. The molecule has 1 saturated heterocycles. The Labute approximate surface area is 139 Å². The number of anilines is 1. The number of ether oxygens (including phenoxy) is 2. The molecule has 0 radical (unpaired) electrons. The molecule has 0 bridgehead atoms. The number of fused-ring (bicyclic) bond motifs is 1. The first-order chi connectivity index (χ1) is 11.4. The van der Waals surface area contributed by atoms with Crippen LogP contribution in [0.3, 0.4) is 0 Å². The molecule has 0 aliphatic carbocycles. The molecule has 0 unspecified atom stereocenters. The van der Waals surface area contributed by atoms with E-state index < -0.39 is 0 Å². The van der Waals surface area contributed by atoms with Gasteiger partial charge in [-0.25, -0.2) is 4.98 Å². The van der Waals surface area contributed by atoms with Gasteiger partial charge in [0.15, 0.2) is 0 Å². The van der Waals surface area contributed by atoms with Gasteiger partial charge in [-0.2, -0.15) is 0 Å². The summed E-state index contributed by atoms with van der Waals surface area (Å²) in [6, 6.07) is 14.5. The normalized spacial score (nSPS) is 15.1. The highest BCUT2D eigenvalue weighted by Crippen LogP contribution is 2.40. The van der Waals surface area contributed by atoms with Gasteiger partial charge < -0.3 is 14.4 Å². The SMILES string of the molecule is COc1ccc(N2CCOCC2)c2sc(-c3ccccc3)nc12. The zero-order chi connectivity index (χ0) is 15.6. The van der Waals surface area contributed by atoms with Crippen molar-refractivity contribution < 1.29 is 9.47 Å². The molecule has 3 aromatic rings. The number of methoxy groups -OCH3 is 1. The highest BCUT2D eigenvalue weighted by atomic mass is 32.1. The molecule has 2 heterocycles. The first-order valence-corrected chi connectivity index (χ1v) is 8.54. The smallest absolute Gasteiger partial charge is 0.146 e. The molecule has 4 nitrogen and oxygen atoms in total. The van der Waals surface area contributed by atoms with Gasteiger partial charge in [-0.3, -0.25) is 0 Å². The number of hydrogen-bond donors (Lipinski definition) is 0. The fourth-order valence-corrected chi connectivity index (χ4v) is 4.02. The lowest BCUT2D eigenvalue weighted by Crippen LogP contribution is -2.36. The Morgan fingerprint density at radius 1 is 1.09 bits per heavy atom. The average molecular weight is 326 g/mol. The molecule has 0 N–H and O–H groups in total. The fraction of sp³-hybridized carbons (Fsp3) is 0.278. The van der Waals surface area contributed by atoms with E-state index in [1.165, 1.54) is 10.4 Å². The number of morpholine rings is 1. The van der Waals surface area contributed by atoms with Crippen molar-refractivity contribution in [3.63, 3.8) is 0 Å². The highest BCUT2D eigenvalue weighted by molar-refractivity contribution is 7.22. The minimum Gasteiger partial charge on any atom is -0.494 e. The van der Waals surface area contributed by atoms with Crippen LogP contribution in [0.2, 0.25) is 0 Å². The molecule has 4 rings (SSSR count). The molecule has 23 heavy (non-hydrogen) atoms. The van der Waals surface area contributed by atoms with Crippen LogP contribution >= 0.6 is 11.3 Å². The number of benzene rings is 2. The van der Waals surface area contributed by atoms with E-state index in [2.05, 4.69) is 23.1 Å². The van der Waals surface area contributed by atoms with Crippen molar-refractivity contribution in [2.75, 3.05) is 38.3 Å². The Morgan fingerprint density at radius 2 is 1.87 bits per heavy atom. The molecule has 1 fully saturated rings. The van der Waals surface area contributed by atoms with Crippen LogP contribution in [0.4, 0.5) is 5.69 Å². The molecule has 0 atom stereocenters. The number of rotatable bonds is 3. The molecule has 2 aromatic carbocycles. The van der Waals surface area contributed by atoms with Crippen LogP contribution in [0.15, 0.2) is 42.5 Å². The van der Waals surface area contributed by atoms with Crippen molar-refractivity contribution in [1.82, 2.24) is 4.98 Å². The summed E-state index contributed by atoms with van der Waals surface area (Å²) in [7, 11) is 1.70. The molecule has 0 amide bonds. The molecule has 118 valence electrons. The second-order valence-electron chi connectivity index (χ2n) is 5.45. The Hall–Kier alpha value is -2.11. The van der Waals surface area contributed by atoms with E-state index in [1.807, 2.05) is 24.3 Å². The van der Waals surface area contributed by atoms with E-state index in [9.17, 15) is 0 Å². The summed E-state index contributed by atoms with van der Waals surface area (Å²) in [6.07, 6.45) is 0. The number of nitrogens with zero attached hydrogens (tertiary/aromatic N) is 2. The largest absolute Gasteiger partial charge is 0.494 e. The maximum atomic E-state index is 5.52. The van der Waals surface area contributed by atoms with Gasteiger partial charge in [0, 0.05) is 18.7 Å². The van der Waals surface area contributed by atoms with Crippen molar-refractivity contribution in [3.8, 4) is 16.3 Å². The van der Waals surface area contributed by atoms with Gasteiger partial charge in [0.1, 0.15) is 16.3 Å². The second kappa shape index (κ2) is 6.18. The molecule has 5 heteroatoms. The van der Waals surface area contributed by atoms with Crippen LogP contribution in [0, 0.1) is 0 Å². The van der Waals surface area contributed by atoms with Crippen LogP contribution < -0.4 is 9.64 Å². The van der Waals surface area contributed by atoms with Crippen molar-refractivity contribution >= 4 is 27.2 Å². The van der Waals surface area contributed by atoms with Gasteiger partial charge in [0.25, 0.3) is 0 Å². The fourth-order valence-electron chi connectivity index (χ4n) is 2.89. The maximum Gasteiger partial charge on any atom is 0.146 e. The Morgan fingerprint density at radius 3 is 2.61 bits per heavy atom. The third kappa shape index (κ3) is 2.66. The third-order valence-corrected chi connectivity index (χ3v) is 5.21. The number of aromatic nitrogens is 1. The summed E-state index contributed by atoms with van der Waals surface area (Å²) in [5, 5.41) is 1.03. The summed E-state index contributed by atoms with van der Waals surface area (Å²) < 4.78 is 12.2. The van der Waals surface area contributed by atoms with Gasteiger partial charge in [-0.1, -0.05) is 30.3 Å². The van der Waals surface area contributed by atoms with Crippen LogP contribution in [-0.2, 0) is 4.74 Å². The maximum absolute atomic E-state index is 5.52. The Balaban J connectivity index is 1.86.